The van der Waals surface area contributed by atoms with Gasteiger partial charge < -0.3 is 5.32 Å². The molecule has 1 N–H and O–H groups in total. The van der Waals surface area contributed by atoms with Gasteiger partial charge in [-0.15, -0.1) is 0 Å². The van der Waals surface area contributed by atoms with Crippen molar-refractivity contribution >= 4 is 10.0 Å². The Morgan fingerprint density at radius 3 is 2.58 bits per heavy atom. The van der Waals surface area contributed by atoms with E-state index in [9.17, 15) is 12.8 Å². The fourth-order valence-corrected chi connectivity index (χ4v) is 3.32. The van der Waals surface area contributed by atoms with Crippen molar-refractivity contribution in [2.75, 3.05) is 25.9 Å². The lowest BCUT2D eigenvalue weighted by Gasteiger charge is -2.32. The normalized spacial score (nSPS) is 24.4. The predicted octanol–water partition coefficient (Wildman–Crippen LogP) is 1.77. The molecule has 19 heavy (non-hydrogen) atoms. The Balaban J connectivity index is 2.40. The van der Waals surface area contributed by atoms with Gasteiger partial charge in [-0.2, -0.15) is 0 Å². The van der Waals surface area contributed by atoms with Crippen LogP contribution in [0.4, 0.5) is 4.39 Å². The fraction of sp³-hybridized carbons (Fsp3) is 1.00. The zero-order valence-electron chi connectivity index (χ0n) is 12.4. The predicted molar refractivity (Wildman–Crippen MR) is 76.4 cm³/mol. The van der Waals surface area contributed by atoms with Gasteiger partial charge in [0.25, 0.3) is 0 Å². The summed E-state index contributed by atoms with van der Waals surface area (Å²) in [5.74, 6) is 0.139. The van der Waals surface area contributed by atoms with Crippen LogP contribution in [0.2, 0.25) is 0 Å². The van der Waals surface area contributed by atoms with Crippen LogP contribution in [-0.4, -0.2) is 50.3 Å². The Morgan fingerprint density at radius 1 is 1.42 bits per heavy atom. The van der Waals surface area contributed by atoms with Crippen LogP contribution in [0.1, 0.15) is 40.0 Å². The number of rotatable bonds is 5. The maximum atomic E-state index is 13.9. The summed E-state index contributed by atoms with van der Waals surface area (Å²) in [5.41, 5.74) is -0.0876. The van der Waals surface area contributed by atoms with E-state index in [1.54, 1.807) is 0 Å². The van der Waals surface area contributed by atoms with Crippen LogP contribution in [0.25, 0.3) is 0 Å². The molecule has 1 fully saturated rings. The van der Waals surface area contributed by atoms with E-state index in [1.807, 2.05) is 20.8 Å². The van der Waals surface area contributed by atoms with Crippen molar-refractivity contribution in [3.63, 3.8) is 0 Å². The largest absolute Gasteiger partial charge is 0.309 e. The molecule has 0 aromatic rings. The molecule has 0 saturated carbocycles. The zero-order valence-corrected chi connectivity index (χ0v) is 13.3. The quantitative estimate of drug-likeness (QED) is 0.841. The maximum absolute atomic E-state index is 13.9. The third-order valence-electron chi connectivity index (χ3n) is 3.39. The molecule has 114 valence electrons. The molecule has 2 unspecified atom stereocenters. The van der Waals surface area contributed by atoms with Gasteiger partial charge in [0.2, 0.25) is 10.0 Å². The van der Waals surface area contributed by atoms with Crippen molar-refractivity contribution in [1.82, 2.24) is 9.62 Å². The smallest absolute Gasteiger partial charge is 0.211 e. The van der Waals surface area contributed by atoms with Crippen LogP contribution in [0.3, 0.4) is 0 Å². The average molecular weight is 294 g/mol. The molecule has 1 aliphatic heterocycles. The van der Waals surface area contributed by atoms with Crippen molar-refractivity contribution in [2.45, 2.75) is 51.7 Å². The number of halogens is 1. The number of alkyl halides is 1. The first-order chi connectivity index (χ1) is 8.58. The van der Waals surface area contributed by atoms with E-state index in [4.69, 9.17) is 0 Å². The highest BCUT2D eigenvalue weighted by Gasteiger charge is 2.27. The van der Waals surface area contributed by atoms with Crippen LogP contribution < -0.4 is 5.32 Å². The lowest BCUT2D eigenvalue weighted by atomic mass is 9.93. The topological polar surface area (TPSA) is 49.4 Å². The van der Waals surface area contributed by atoms with E-state index < -0.39 is 16.2 Å². The molecule has 1 rings (SSSR count). The van der Waals surface area contributed by atoms with Crippen molar-refractivity contribution in [1.29, 1.82) is 0 Å². The number of hydrogen-bond acceptors (Lipinski definition) is 3. The van der Waals surface area contributed by atoms with E-state index in [0.717, 1.165) is 12.8 Å². The Morgan fingerprint density at radius 2 is 2.05 bits per heavy atom. The van der Waals surface area contributed by atoms with Gasteiger partial charge in [-0.1, -0.05) is 0 Å². The minimum atomic E-state index is -3.13. The van der Waals surface area contributed by atoms with Crippen LogP contribution in [0, 0.1) is 5.92 Å². The molecule has 0 spiro atoms. The Labute approximate surface area is 116 Å². The first-order valence-corrected chi connectivity index (χ1v) is 8.77. The molecular formula is C13H27FN2O2S. The summed E-state index contributed by atoms with van der Waals surface area (Å²) in [7, 11) is -3.13. The number of hydrogen-bond donors (Lipinski definition) is 1. The van der Waals surface area contributed by atoms with Gasteiger partial charge in [-0.3, -0.25) is 0 Å². The molecule has 0 amide bonds. The Kier molecular flexibility index (Phi) is 5.77. The second-order valence-electron chi connectivity index (χ2n) is 6.59. The fourth-order valence-electron chi connectivity index (χ4n) is 2.38. The molecule has 0 aromatic heterocycles. The van der Waals surface area contributed by atoms with Gasteiger partial charge in [-0.05, 0) is 46.0 Å². The van der Waals surface area contributed by atoms with Crippen LogP contribution in [0.5, 0.6) is 0 Å². The van der Waals surface area contributed by atoms with Gasteiger partial charge in [-0.25, -0.2) is 17.1 Å². The van der Waals surface area contributed by atoms with Crippen molar-refractivity contribution in [2.24, 2.45) is 5.92 Å². The van der Waals surface area contributed by atoms with Crippen molar-refractivity contribution in [3.05, 3.63) is 0 Å². The minimum Gasteiger partial charge on any atom is -0.309 e. The molecule has 2 atom stereocenters. The van der Waals surface area contributed by atoms with Crippen LogP contribution in [0.15, 0.2) is 0 Å². The highest BCUT2D eigenvalue weighted by atomic mass is 32.2. The van der Waals surface area contributed by atoms with Gasteiger partial charge in [0, 0.05) is 25.2 Å². The summed E-state index contributed by atoms with van der Waals surface area (Å²) < 4.78 is 38.4. The lowest BCUT2D eigenvalue weighted by Crippen LogP contribution is -2.42. The second kappa shape index (κ2) is 6.50. The van der Waals surface area contributed by atoms with Crippen LogP contribution >= 0.6 is 0 Å². The van der Waals surface area contributed by atoms with E-state index >= 15 is 0 Å². The summed E-state index contributed by atoms with van der Waals surface area (Å²) in [6.07, 6.45) is 2.50. The summed E-state index contributed by atoms with van der Waals surface area (Å²) in [4.78, 5) is 0. The van der Waals surface area contributed by atoms with Crippen LogP contribution in [-0.2, 0) is 10.0 Å². The standard InChI is InChI=1S/C13H27FN2O2S/c1-13(2,3)15-9-12(14)8-11-6-5-7-16(10-11)19(4,17)18/h11-12,15H,5-10H2,1-4H3. The SMILES string of the molecule is CC(C)(C)NCC(F)CC1CCCN(S(C)(=O)=O)C1. The molecule has 1 aliphatic rings. The van der Waals surface area contributed by atoms with E-state index in [1.165, 1.54) is 10.6 Å². The first kappa shape index (κ1) is 16.9. The summed E-state index contributed by atoms with van der Waals surface area (Å²) in [6, 6.07) is 0. The molecular weight excluding hydrogens is 267 g/mol. The van der Waals surface area contributed by atoms with Gasteiger partial charge in [0.05, 0.1) is 6.26 Å². The number of sulfonamides is 1. The highest BCUT2D eigenvalue weighted by Crippen LogP contribution is 2.23. The third kappa shape index (κ3) is 6.68. The summed E-state index contributed by atoms with van der Waals surface area (Å²) in [5, 5.41) is 3.15. The lowest BCUT2D eigenvalue weighted by molar-refractivity contribution is 0.190. The molecule has 1 saturated heterocycles. The van der Waals surface area contributed by atoms with Gasteiger partial charge in [0.15, 0.2) is 0 Å². The van der Waals surface area contributed by atoms with E-state index in [2.05, 4.69) is 5.32 Å². The van der Waals surface area contributed by atoms with Crippen molar-refractivity contribution < 1.29 is 12.8 Å². The Bertz CT molecular complexity index is 379. The molecule has 1 heterocycles. The summed E-state index contributed by atoms with van der Waals surface area (Å²) >= 11 is 0. The maximum Gasteiger partial charge on any atom is 0.211 e. The number of nitrogens with zero attached hydrogens (tertiary/aromatic N) is 1. The van der Waals surface area contributed by atoms with Crippen molar-refractivity contribution in [3.8, 4) is 0 Å². The third-order valence-corrected chi connectivity index (χ3v) is 4.66. The second-order valence-corrected chi connectivity index (χ2v) is 8.58. The van der Waals surface area contributed by atoms with Gasteiger partial charge >= 0.3 is 0 Å². The number of piperidine rings is 1. The molecule has 4 nitrogen and oxygen atoms in total. The monoisotopic (exact) mass is 294 g/mol. The van der Waals surface area contributed by atoms with E-state index in [0.29, 0.717) is 26.1 Å². The summed E-state index contributed by atoms with van der Waals surface area (Å²) in [6.45, 7) is 7.39. The molecule has 0 aromatic carbocycles. The molecule has 6 heteroatoms. The molecule has 0 bridgehead atoms. The average Bonchev–Trinajstić information content (AvgIpc) is 2.25. The highest BCUT2D eigenvalue weighted by molar-refractivity contribution is 7.88. The zero-order chi connectivity index (χ0) is 14.7. The van der Waals surface area contributed by atoms with Gasteiger partial charge in [0.1, 0.15) is 6.17 Å². The molecule has 0 radical (unpaired) electrons. The minimum absolute atomic E-state index is 0.0876. The number of nitrogens with one attached hydrogen (secondary N) is 1. The molecule has 0 aliphatic carbocycles. The van der Waals surface area contributed by atoms with E-state index in [-0.39, 0.29) is 11.5 Å². The first-order valence-electron chi connectivity index (χ1n) is 6.92. The Hall–Kier alpha value is -0.200.